The Bertz CT molecular complexity index is 552. The Labute approximate surface area is 102 Å². The number of rotatable bonds is 4. The van der Waals surface area contributed by atoms with Gasteiger partial charge < -0.3 is 0 Å². The fourth-order valence-electron chi connectivity index (χ4n) is 1.12. The number of hydrogen-bond donors (Lipinski definition) is 1. The minimum absolute atomic E-state index is 0.439. The number of ketones is 1. The highest BCUT2D eigenvalue weighted by Crippen LogP contribution is 2.30. The molecule has 8 heteroatoms. The Hall–Kier alpha value is -1.41. The first kappa shape index (κ1) is 14.7. The SMILES string of the molecule is CC(=O)CNS(=O)(=O)c1cccc(C(F)(F)F)c1. The van der Waals surface area contributed by atoms with Crippen LogP contribution in [0.1, 0.15) is 12.5 Å². The van der Waals surface area contributed by atoms with Crippen molar-refractivity contribution >= 4 is 15.8 Å². The summed E-state index contributed by atoms with van der Waals surface area (Å²) < 4.78 is 62.3. The van der Waals surface area contributed by atoms with Crippen LogP contribution in [0.15, 0.2) is 29.2 Å². The monoisotopic (exact) mass is 281 g/mol. The lowest BCUT2D eigenvalue weighted by Gasteiger charge is -2.09. The molecule has 100 valence electrons. The van der Waals surface area contributed by atoms with Gasteiger partial charge in [-0.3, -0.25) is 4.79 Å². The maximum atomic E-state index is 12.4. The highest BCUT2D eigenvalue weighted by molar-refractivity contribution is 7.89. The second-order valence-corrected chi connectivity index (χ2v) is 5.32. The highest BCUT2D eigenvalue weighted by Gasteiger charge is 2.31. The standard InChI is InChI=1S/C10H10F3NO3S/c1-7(15)6-14-18(16,17)9-4-2-3-8(5-9)10(11,12)13/h2-5,14H,6H2,1H3. The van der Waals surface area contributed by atoms with Crippen LogP contribution in [-0.4, -0.2) is 20.7 Å². The number of halogens is 3. The van der Waals surface area contributed by atoms with Crippen LogP contribution in [0.4, 0.5) is 13.2 Å². The summed E-state index contributed by atoms with van der Waals surface area (Å²) in [6.45, 7) is 0.702. The van der Waals surface area contributed by atoms with Crippen LogP contribution in [0.3, 0.4) is 0 Å². The van der Waals surface area contributed by atoms with Crippen molar-refractivity contribution in [2.45, 2.75) is 18.0 Å². The lowest BCUT2D eigenvalue weighted by Crippen LogP contribution is -2.28. The molecule has 0 unspecified atom stereocenters. The molecule has 4 nitrogen and oxygen atoms in total. The normalized spacial score (nSPS) is 12.4. The van der Waals surface area contributed by atoms with E-state index in [4.69, 9.17) is 0 Å². The van der Waals surface area contributed by atoms with Gasteiger partial charge in [-0.25, -0.2) is 13.1 Å². The minimum atomic E-state index is -4.62. The van der Waals surface area contributed by atoms with E-state index in [0.29, 0.717) is 6.07 Å². The van der Waals surface area contributed by atoms with Gasteiger partial charge in [0, 0.05) is 0 Å². The molecule has 0 bridgehead atoms. The van der Waals surface area contributed by atoms with Crippen LogP contribution < -0.4 is 4.72 Å². The van der Waals surface area contributed by atoms with Crippen LogP contribution in [0.5, 0.6) is 0 Å². The molecule has 0 fully saturated rings. The van der Waals surface area contributed by atoms with E-state index in [0.717, 1.165) is 25.1 Å². The van der Waals surface area contributed by atoms with E-state index in [1.807, 2.05) is 4.72 Å². The van der Waals surface area contributed by atoms with Crippen molar-refractivity contribution in [1.29, 1.82) is 0 Å². The summed E-state index contributed by atoms with van der Waals surface area (Å²) in [5.74, 6) is -0.439. The molecule has 1 aromatic rings. The molecule has 0 aliphatic carbocycles. The maximum absolute atomic E-state index is 12.4. The molecule has 1 N–H and O–H groups in total. The molecule has 0 amide bonds. The van der Waals surface area contributed by atoms with Crippen molar-refractivity contribution < 1.29 is 26.4 Å². The molecule has 0 atom stereocenters. The lowest BCUT2D eigenvalue weighted by molar-refractivity contribution is -0.137. The Morgan fingerprint density at radius 2 is 1.94 bits per heavy atom. The van der Waals surface area contributed by atoms with Gasteiger partial charge in [0.2, 0.25) is 10.0 Å². The van der Waals surface area contributed by atoms with Gasteiger partial charge in [0.25, 0.3) is 0 Å². The lowest BCUT2D eigenvalue weighted by atomic mass is 10.2. The largest absolute Gasteiger partial charge is 0.416 e. The summed E-state index contributed by atoms with van der Waals surface area (Å²) in [5, 5.41) is 0. The van der Waals surface area contributed by atoms with Crippen LogP contribution in [0.25, 0.3) is 0 Å². The summed E-state index contributed by atoms with van der Waals surface area (Å²) in [7, 11) is -4.11. The van der Waals surface area contributed by atoms with Gasteiger partial charge in [-0.1, -0.05) is 6.07 Å². The first-order chi connectivity index (χ1) is 8.13. The predicted octanol–water partition coefficient (Wildman–Crippen LogP) is 1.57. The second-order valence-electron chi connectivity index (χ2n) is 3.55. The molecule has 0 aliphatic rings. The first-order valence-electron chi connectivity index (χ1n) is 4.79. The molecule has 1 rings (SSSR count). The molecule has 0 aliphatic heterocycles. The Morgan fingerprint density at radius 3 is 2.44 bits per heavy atom. The number of Topliss-reactive ketones (excluding diaryl/α,β-unsaturated/α-hetero) is 1. The summed E-state index contributed by atoms with van der Waals surface area (Å²) in [6, 6.07) is 3.30. The Kier molecular flexibility index (Phi) is 4.12. The van der Waals surface area contributed by atoms with Crippen molar-refractivity contribution in [1.82, 2.24) is 4.72 Å². The number of alkyl halides is 3. The van der Waals surface area contributed by atoms with Gasteiger partial charge in [0.05, 0.1) is 17.0 Å². The van der Waals surface area contributed by atoms with E-state index in [1.54, 1.807) is 0 Å². The maximum Gasteiger partial charge on any atom is 0.416 e. The summed E-state index contributed by atoms with van der Waals surface area (Å²) in [5.41, 5.74) is -1.06. The number of nitrogens with one attached hydrogen (secondary N) is 1. The van der Waals surface area contributed by atoms with Crippen LogP contribution in [0, 0.1) is 0 Å². The zero-order valence-corrected chi connectivity index (χ0v) is 10.1. The van der Waals surface area contributed by atoms with E-state index >= 15 is 0 Å². The third kappa shape index (κ3) is 3.81. The first-order valence-corrected chi connectivity index (χ1v) is 6.27. The molecule has 0 aromatic heterocycles. The van der Waals surface area contributed by atoms with Crippen molar-refractivity contribution in [2.75, 3.05) is 6.54 Å². The summed E-state index contributed by atoms with van der Waals surface area (Å²) in [6.07, 6.45) is -4.62. The quantitative estimate of drug-likeness (QED) is 0.911. The van der Waals surface area contributed by atoms with Crippen LogP contribution in [0.2, 0.25) is 0 Å². The van der Waals surface area contributed by atoms with Gasteiger partial charge in [-0.2, -0.15) is 13.2 Å². The second kappa shape index (κ2) is 5.07. The van der Waals surface area contributed by atoms with Crippen LogP contribution >= 0.6 is 0 Å². The molecule has 0 saturated carbocycles. The van der Waals surface area contributed by atoms with Gasteiger partial charge in [0.1, 0.15) is 5.78 Å². The average molecular weight is 281 g/mol. The molecular weight excluding hydrogens is 271 g/mol. The third-order valence-electron chi connectivity index (χ3n) is 1.98. The molecule has 0 radical (unpaired) electrons. The highest BCUT2D eigenvalue weighted by atomic mass is 32.2. The van der Waals surface area contributed by atoms with Gasteiger partial charge in [0.15, 0.2) is 0 Å². The topological polar surface area (TPSA) is 63.2 Å². The van der Waals surface area contributed by atoms with Crippen molar-refractivity contribution in [2.24, 2.45) is 0 Å². The fraction of sp³-hybridized carbons (Fsp3) is 0.300. The Balaban J connectivity index is 3.07. The zero-order chi connectivity index (χ0) is 14.0. The van der Waals surface area contributed by atoms with E-state index in [2.05, 4.69) is 0 Å². The molecular formula is C10H10F3NO3S. The van der Waals surface area contributed by atoms with E-state index < -0.39 is 39.0 Å². The number of carbonyl (C=O) groups is 1. The van der Waals surface area contributed by atoms with Crippen molar-refractivity contribution in [3.8, 4) is 0 Å². The Morgan fingerprint density at radius 1 is 1.33 bits per heavy atom. The van der Waals surface area contributed by atoms with Gasteiger partial charge in [-0.15, -0.1) is 0 Å². The molecule has 0 spiro atoms. The van der Waals surface area contributed by atoms with Gasteiger partial charge >= 0.3 is 6.18 Å². The fourth-order valence-corrected chi connectivity index (χ4v) is 2.22. The summed E-state index contributed by atoms with van der Waals surface area (Å²) in [4.78, 5) is 10.1. The number of sulfonamides is 1. The predicted molar refractivity (Wildman–Crippen MR) is 57.3 cm³/mol. The molecule has 0 heterocycles. The van der Waals surface area contributed by atoms with E-state index in [1.165, 1.54) is 0 Å². The molecule has 1 aromatic carbocycles. The van der Waals surface area contributed by atoms with E-state index in [-0.39, 0.29) is 0 Å². The van der Waals surface area contributed by atoms with Crippen molar-refractivity contribution in [3.63, 3.8) is 0 Å². The van der Waals surface area contributed by atoms with Crippen molar-refractivity contribution in [3.05, 3.63) is 29.8 Å². The number of benzene rings is 1. The molecule has 0 saturated heterocycles. The summed E-state index contributed by atoms with van der Waals surface area (Å²) >= 11 is 0. The minimum Gasteiger partial charge on any atom is -0.299 e. The molecule has 18 heavy (non-hydrogen) atoms. The zero-order valence-electron chi connectivity index (χ0n) is 9.28. The number of carbonyl (C=O) groups excluding carboxylic acids is 1. The number of hydrogen-bond acceptors (Lipinski definition) is 3. The van der Waals surface area contributed by atoms with Gasteiger partial charge in [-0.05, 0) is 25.1 Å². The smallest absolute Gasteiger partial charge is 0.299 e. The average Bonchev–Trinajstić information content (AvgIpc) is 2.26. The third-order valence-corrected chi connectivity index (χ3v) is 3.38. The van der Waals surface area contributed by atoms with Crippen LogP contribution in [-0.2, 0) is 21.0 Å². The van der Waals surface area contributed by atoms with E-state index in [9.17, 15) is 26.4 Å².